The number of hydrogen-bond donors (Lipinski definition) is 0. The third-order valence-electron chi connectivity index (χ3n) is 8.53. The Morgan fingerprint density at radius 2 is 0.844 bits per heavy atom. The maximum atomic E-state index is 2.59. The van der Waals surface area contributed by atoms with E-state index in [9.17, 15) is 0 Å². The molecule has 0 bridgehead atoms. The second-order valence-corrected chi connectivity index (χ2v) is 22.5. The Kier molecular flexibility index (Phi) is 4.11. The van der Waals surface area contributed by atoms with E-state index in [1.807, 2.05) is 0 Å². The van der Waals surface area contributed by atoms with Crippen LogP contribution in [0.1, 0.15) is 73.4 Å². The van der Waals surface area contributed by atoms with Crippen molar-refractivity contribution in [3.8, 4) is 0 Å². The quantitative estimate of drug-likeness (QED) is 0.377. The SMILES string of the molecule is CC(C)(C)C12P3[C@@]4(C(C)(C)C)[P@]1C(c1ccccc1)=C(c1ccccc1)[P@@]2[C@@]34C(C)(C)C. The van der Waals surface area contributed by atoms with Gasteiger partial charge in [0, 0.05) is 14.4 Å². The molecule has 4 heterocycles. The Morgan fingerprint density at radius 1 is 0.500 bits per heavy atom. The summed E-state index contributed by atoms with van der Waals surface area (Å²) in [4.78, 5) is 1.12. The van der Waals surface area contributed by atoms with Gasteiger partial charge in [-0.15, -0.1) is 0 Å². The first-order valence-corrected chi connectivity index (χ1v) is 16.1. The van der Waals surface area contributed by atoms with E-state index in [1.165, 1.54) is 11.1 Å². The van der Waals surface area contributed by atoms with E-state index in [0.717, 1.165) is 0 Å². The van der Waals surface area contributed by atoms with Crippen molar-refractivity contribution in [3.63, 3.8) is 0 Å². The van der Waals surface area contributed by atoms with Crippen molar-refractivity contribution in [2.75, 3.05) is 0 Å². The Bertz CT molecular complexity index is 1060. The molecule has 2 aromatic carbocycles. The lowest BCUT2D eigenvalue weighted by Gasteiger charge is -2.65. The second-order valence-electron chi connectivity index (χ2n) is 13.2. The molecule has 0 radical (unpaired) electrons. The third-order valence-corrected chi connectivity index (χ3v) is 27.4. The molecule has 0 aromatic heterocycles. The summed E-state index contributed by atoms with van der Waals surface area (Å²) in [5.41, 5.74) is 4.14. The van der Waals surface area contributed by atoms with Crippen molar-refractivity contribution in [3.05, 3.63) is 71.8 Å². The van der Waals surface area contributed by atoms with E-state index in [1.54, 1.807) is 10.6 Å². The Hall–Kier alpha value is -0.530. The highest BCUT2D eigenvalue weighted by atomic mass is 31.3. The molecule has 3 heteroatoms. The zero-order chi connectivity index (χ0) is 23.1. The van der Waals surface area contributed by atoms with Gasteiger partial charge >= 0.3 is 0 Å². The van der Waals surface area contributed by atoms with Gasteiger partial charge in [-0.2, -0.15) is 0 Å². The second kappa shape index (κ2) is 5.99. The van der Waals surface area contributed by atoms with Gasteiger partial charge in [0.15, 0.2) is 0 Å². The van der Waals surface area contributed by atoms with Crippen LogP contribution >= 0.6 is 23.8 Å². The van der Waals surface area contributed by atoms with Crippen LogP contribution in [0.25, 0.3) is 10.6 Å². The molecule has 2 unspecified atom stereocenters. The van der Waals surface area contributed by atoms with E-state index in [-0.39, 0.29) is 23.8 Å². The highest BCUT2D eigenvalue weighted by Crippen LogP contribution is 3.39. The summed E-state index contributed by atoms with van der Waals surface area (Å²) in [6.45, 7) is 23.3. The van der Waals surface area contributed by atoms with Crippen molar-refractivity contribution in [1.82, 2.24) is 0 Å². The molecule has 3 fully saturated rings. The van der Waals surface area contributed by atoms with Gasteiger partial charge in [0.1, 0.15) is 0 Å². The Balaban J connectivity index is 1.73. The van der Waals surface area contributed by atoms with Crippen LogP contribution in [0.15, 0.2) is 60.7 Å². The maximum Gasteiger partial charge on any atom is 0.0468 e. The minimum atomic E-state index is -0.219. The van der Waals surface area contributed by atoms with E-state index in [4.69, 9.17) is 0 Å². The smallest absolute Gasteiger partial charge is 0.0468 e. The van der Waals surface area contributed by atoms with Gasteiger partial charge in [0.25, 0.3) is 0 Å². The maximum absolute atomic E-state index is 2.59. The van der Waals surface area contributed by atoms with Crippen molar-refractivity contribution < 1.29 is 0 Å². The van der Waals surface area contributed by atoms with Crippen LogP contribution in [-0.4, -0.2) is 14.4 Å². The van der Waals surface area contributed by atoms with Gasteiger partial charge in [-0.3, -0.25) is 0 Å². The summed E-state index contributed by atoms with van der Waals surface area (Å²) in [6, 6.07) is 23.1. The number of fused-ring (bicyclic) bond motifs is 3. The molecule has 3 saturated heterocycles. The summed E-state index contributed by atoms with van der Waals surface area (Å²) in [5, 5.41) is 3.58. The molecule has 6 atom stereocenters. The first-order chi connectivity index (χ1) is 14.8. The fourth-order valence-corrected chi connectivity index (χ4v) is 34.0. The molecule has 4 aliphatic heterocycles. The fourth-order valence-electron chi connectivity index (χ4n) is 7.93. The normalized spacial score (nSPS) is 39.3. The van der Waals surface area contributed by atoms with Crippen LogP contribution in [0.3, 0.4) is 0 Å². The molecule has 0 N–H and O–H groups in total. The predicted molar refractivity (Wildman–Crippen MR) is 147 cm³/mol. The predicted octanol–water partition coefficient (Wildman–Crippen LogP) is 10.2. The van der Waals surface area contributed by atoms with Crippen LogP contribution in [0, 0.1) is 16.2 Å². The molecule has 0 aliphatic carbocycles. The van der Waals surface area contributed by atoms with Crippen molar-refractivity contribution in [2.24, 2.45) is 16.2 Å². The van der Waals surface area contributed by atoms with Crippen LogP contribution in [0.5, 0.6) is 0 Å². The molecule has 2 aromatic rings. The van der Waals surface area contributed by atoms with Gasteiger partial charge in [-0.05, 0) is 53.8 Å². The first-order valence-electron chi connectivity index (χ1n) is 12.1. The minimum Gasteiger partial charge on any atom is -0.0639 e. The molecule has 168 valence electrons. The van der Waals surface area contributed by atoms with Crippen LogP contribution in [0.2, 0.25) is 0 Å². The monoisotopic (exact) mass is 478 g/mol. The van der Waals surface area contributed by atoms with E-state index >= 15 is 0 Å². The number of benzene rings is 2. The zero-order valence-electron chi connectivity index (χ0n) is 21.1. The van der Waals surface area contributed by atoms with Crippen LogP contribution in [-0.2, 0) is 0 Å². The Labute approximate surface area is 198 Å². The molecule has 4 aliphatic rings. The summed E-state index contributed by atoms with van der Waals surface area (Å²) in [7, 11) is -0.404. The lowest BCUT2D eigenvalue weighted by Crippen LogP contribution is -2.46. The Morgan fingerprint density at radius 3 is 1.12 bits per heavy atom. The summed E-state index contributed by atoms with van der Waals surface area (Å²) < 4.78 is 0.573. The van der Waals surface area contributed by atoms with Gasteiger partial charge in [0.2, 0.25) is 0 Å². The summed E-state index contributed by atoms with van der Waals surface area (Å²) in [5.74, 6) is 0. The van der Waals surface area contributed by atoms with E-state index < -0.39 is 0 Å². The van der Waals surface area contributed by atoms with E-state index in [2.05, 4.69) is 123 Å². The third kappa shape index (κ3) is 1.92. The summed E-state index contributed by atoms with van der Waals surface area (Å²) >= 11 is 0. The average molecular weight is 479 g/mol. The molecule has 0 saturated carbocycles. The van der Waals surface area contributed by atoms with Crippen molar-refractivity contribution in [2.45, 2.75) is 76.7 Å². The summed E-state index contributed by atoms with van der Waals surface area (Å²) in [6.07, 6.45) is 0. The lowest BCUT2D eigenvalue weighted by molar-refractivity contribution is 0.295. The van der Waals surface area contributed by atoms with Crippen molar-refractivity contribution in [1.29, 1.82) is 0 Å². The topological polar surface area (TPSA) is 0 Å². The molecular formula is C29H37P3. The van der Waals surface area contributed by atoms with Gasteiger partial charge in [-0.1, -0.05) is 131 Å². The standard InChI is InChI=1S/C29H37P3/c1-24(2,3)27-28(25(4,5)6)31-23(21-18-14-11-15-19-21)22(20-16-12-10-13-17-20)30(27)29(31,32(27)28)26(7,8)9/h10-19H,1-9H3/t27-,28+,29?,30-,31-,32?/m0/s1. The van der Waals surface area contributed by atoms with Crippen LogP contribution < -0.4 is 0 Å². The molecule has 6 rings (SSSR count). The fraction of sp³-hybridized carbons (Fsp3) is 0.517. The largest absolute Gasteiger partial charge is 0.0639 e. The molecule has 32 heavy (non-hydrogen) atoms. The molecule has 0 nitrogen and oxygen atoms in total. The van der Waals surface area contributed by atoms with Gasteiger partial charge in [-0.25, -0.2) is 0 Å². The first kappa shape index (κ1) is 22.0. The molecular weight excluding hydrogens is 441 g/mol. The minimum absolute atomic E-state index is 0.0338. The number of rotatable bonds is 2. The highest BCUT2D eigenvalue weighted by Gasteiger charge is 3.12. The van der Waals surface area contributed by atoms with Gasteiger partial charge < -0.3 is 0 Å². The van der Waals surface area contributed by atoms with Gasteiger partial charge in [0.05, 0.1) is 0 Å². The molecule has 0 spiro atoms. The van der Waals surface area contributed by atoms with E-state index in [0.29, 0.717) is 30.7 Å². The molecule has 0 amide bonds. The number of hydrogen-bond acceptors (Lipinski definition) is 0. The van der Waals surface area contributed by atoms with Crippen LogP contribution in [0.4, 0.5) is 0 Å². The lowest BCUT2D eigenvalue weighted by atomic mass is 9.80. The average Bonchev–Trinajstić information content (AvgIpc) is 2.99. The highest BCUT2D eigenvalue weighted by molar-refractivity contribution is 8.31. The van der Waals surface area contributed by atoms with Crippen molar-refractivity contribution >= 4 is 34.4 Å². The zero-order valence-corrected chi connectivity index (χ0v) is 23.8.